The lowest BCUT2D eigenvalue weighted by atomic mass is 10.1. The standard InChI is InChI=1S/C13H11NO3S/c15-12-10-3-1-2-4-11(10)13(16)14(12)17-7-9-5-6-18-8-9/h1-6,8,12,15H,7H2. The van der Waals surface area contributed by atoms with Crippen molar-refractivity contribution >= 4 is 17.2 Å². The smallest absolute Gasteiger partial charge is 0.280 e. The molecule has 92 valence electrons. The highest BCUT2D eigenvalue weighted by molar-refractivity contribution is 7.07. The lowest BCUT2D eigenvalue weighted by molar-refractivity contribution is -0.206. The molecule has 0 bridgehead atoms. The molecular formula is C13H11NO3S. The van der Waals surface area contributed by atoms with Crippen LogP contribution in [0.15, 0.2) is 41.1 Å². The monoisotopic (exact) mass is 261 g/mol. The maximum Gasteiger partial charge on any atom is 0.280 e. The van der Waals surface area contributed by atoms with Crippen molar-refractivity contribution in [2.24, 2.45) is 0 Å². The highest BCUT2D eigenvalue weighted by atomic mass is 32.1. The summed E-state index contributed by atoms with van der Waals surface area (Å²) in [4.78, 5) is 17.4. The van der Waals surface area contributed by atoms with Gasteiger partial charge in [-0.2, -0.15) is 16.4 Å². The Labute approximate surface area is 108 Å². The summed E-state index contributed by atoms with van der Waals surface area (Å²) in [5.74, 6) is -0.298. The van der Waals surface area contributed by atoms with Gasteiger partial charge >= 0.3 is 0 Å². The minimum Gasteiger partial charge on any atom is -0.367 e. The fraction of sp³-hybridized carbons (Fsp3) is 0.154. The summed E-state index contributed by atoms with van der Waals surface area (Å²) in [6.45, 7) is 0.278. The Morgan fingerprint density at radius 2 is 2.17 bits per heavy atom. The molecule has 1 unspecified atom stereocenters. The van der Waals surface area contributed by atoms with Gasteiger partial charge < -0.3 is 5.11 Å². The van der Waals surface area contributed by atoms with Crippen molar-refractivity contribution in [3.63, 3.8) is 0 Å². The van der Waals surface area contributed by atoms with E-state index in [0.717, 1.165) is 10.6 Å². The predicted octanol–water partition coefficient (Wildman–Crippen LogP) is 2.33. The molecule has 1 N–H and O–H groups in total. The fourth-order valence-corrected chi connectivity index (χ4v) is 2.57. The maximum absolute atomic E-state index is 12.0. The number of fused-ring (bicyclic) bond motifs is 1. The molecule has 2 aromatic rings. The SMILES string of the molecule is O=C1c2ccccc2C(O)N1OCc1ccsc1. The summed E-state index contributed by atoms with van der Waals surface area (Å²) in [7, 11) is 0. The van der Waals surface area contributed by atoms with Crippen LogP contribution >= 0.6 is 11.3 Å². The minimum absolute atomic E-state index is 0.278. The first-order valence-electron chi connectivity index (χ1n) is 5.52. The Balaban J connectivity index is 1.77. The first-order valence-corrected chi connectivity index (χ1v) is 6.46. The van der Waals surface area contributed by atoms with Gasteiger partial charge in [-0.05, 0) is 28.5 Å². The van der Waals surface area contributed by atoms with Crippen LogP contribution in [-0.2, 0) is 11.4 Å². The number of benzene rings is 1. The largest absolute Gasteiger partial charge is 0.367 e. The number of aliphatic hydroxyl groups is 1. The second-order valence-electron chi connectivity index (χ2n) is 4.00. The zero-order valence-corrected chi connectivity index (χ0v) is 10.3. The van der Waals surface area contributed by atoms with Gasteiger partial charge in [0.25, 0.3) is 5.91 Å². The van der Waals surface area contributed by atoms with Crippen LogP contribution in [0.5, 0.6) is 0 Å². The third-order valence-electron chi connectivity index (χ3n) is 2.84. The summed E-state index contributed by atoms with van der Waals surface area (Å²) < 4.78 is 0. The first-order chi connectivity index (χ1) is 8.77. The molecule has 1 aromatic carbocycles. The van der Waals surface area contributed by atoms with E-state index in [1.807, 2.05) is 16.8 Å². The van der Waals surface area contributed by atoms with Crippen molar-refractivity contribution in [3.05, 3.63) is 57.8 Å². The van der Waals surface area contributed by atoms with Crippen LogP contribution in [0.2, 0.25) is 0 Å². The van der Waals surface area contributed by atoms with Crippen molar-refractivity contribution in [2.75, 3.05) is 0 Å². The van der Waals surface area contributed by atoms with Crippen LogP contribution in [0.3, 0.4) is 0 Å². The summed E-state index contributed by atoms with van der Waals surface area (Å²) in [5.41, 5.74) is 2.07. The van der Waals surface area contributed by atoms with Gasteiger partial charge in [-0.1, -0.05) is 18.2 Å². The number of thiophene rings is 1. The van der Waals surface area contributed by atoms with E-state index in [-0.39, 0.29) is 12.5 Å². The minimum atomic E-state index is -1.02. The molecule has 18 heavy (non-hydrogen) atoms. The average molecular weight is 261 g/mol. The quantitative estimate of drug-likeness (QED) is 0.922. The van der Waals surface area contributed by atoms with Crippen LogP contribution in [0.1, 0.15) is 27.7 Å². The lowest BCUT2D eigenvalue weighted by Gasteiger charge is -2.19. The van der Waals surface area contributed by atoms with Gasteiger partial charge in [-0.3, -0.25) is 9.63 Å². The summed E-state index contributed by atoms with van der Waals surface area (Å²) in [6.07, 6.45) is -1.02. The van der Waals surface area contributed by atoms with Gasteiger partial charge in [0, 0.05) is 11.1 Å². The molecule has 1 amide bonds. The highest BCUT2D eigenvalue weighted by Crippen LogP contribution is 2.31. The van der Waals surface area contributed by atoms with Gasteiger partial charge in [-0.25, -0.2) is 0 Å². The molecule has 2 heterocycles. The van der Waals surface area contributed by atoms with Crippen LogP contribution < -0.4 is 0 Å². The van der Waals surface area contributed by atoms with E-state index in [4.69, 9.17) is 4.84 Å². The van der Waals surface area contributed by atoms with Crippen molar-refractivity contribution < 1.29 is 14.7 Å². The Bertz CT molecular complexity index is 567. The maximum atomic E-state index is 12.0. The zero-order valence-electron chi connectivity index (χ0n) is 9.45. The van der Waals surface area contributed by atoms with E-state index in [0.29, 0.717) is 11.1 Å². The van der Waals surface area contributed by atoms with Crippen molar-refractivity contribution in [1.29, 1.82) is 0 Å². The second-order valence-corrected chi connectivity index (χ2v) is 4.78. The number of hydrogen-bond acceptors (Lipinski definition) is 4. The van der Waals surface area contributed by atoms with Crippen molar-refractivity contribution in [1.82, 2.24) is 5.06 Å². The van der Waals surface area contributed by atoms with E-state index in [1.54, 1.807) is 35.6 Å². The lowest BCUT2D eigenvalue weighted by Crippen LogP contribution is -2.27. The summed E-state index contributed by atoms with van der Waals surface area (Å²) in [6, 6.07) is 8.90. The number of aliphatic hydroxyl groups excluding tert-OH is 1. The Kier molecular flexibility index (Phi) is 2.87. The number of carbonyl (C=O) groups is 1. The van der Waals surface area contributed by atoms with Gasteiger partial charge in [-0.15, -0.1) is 0 Å². The predicted molar refractivity (Wildman–Crippen MR) is 66.7 cm³/mol. The zero-order chi connectivity index (χ0) is 12.5. The van der Waals surface area contributed by atoms with E-state index in [1.165, 1.54) is 0 Å². The molecule has 3 rings (SSSR count). The number of hydroxylamine groups is 2. The van der Waals surface area contributed by atoms with Crippen LogP contribution in [-0.4, -0.2) is 16.1 Å². The molecule has 5 heteroatoms. The number of rotatable bonds is 3. The normalized spacial score (nSPS) is 18.2. The summed E-state index contributed by atoms with van der Waals surface area (Å²) >= 11 is 1.57. The molecular weight excluding hydrogens is 250 g/mol. The molecule has 1 aromatic heterocycles. The van der Waals surface area contributed by atoms with Gasteiger partial charge in [0.05, 0.1) is 0 Å². The number of amides is 1. The van der Waals surface area contributed by atoms with E-state index >= 15 is 0 Å². The Morgan fingerprint density at radius 3 is 2.89 bits per heavy atom. The van der Waals surface area contributed by atoms with E-state index in [2.05, 4.69) is 0 Å². The molecule has 4 nitrogen and oxygen atoms in total. The summed E-state index contributed by atoms with van der Waals surface area (Å²) in [5, 5.41) is 14.9. The molecule has 1 aliphatic heterocycles. The molecule has 0 saturated heterocycles. The Morgan fingerprint density at radius 1 is 1.33 bits per heavy atom. The van der Waals surface area contributed by atoms with Gasteiger partial charge in [0.1, 0.15) is 6.61 Å². The van der Waals surface area contributed by atoms with Crippen LogP contribution in [0.4, 0.5) is 0 Å². The van der Waals surface area contributed by atoms with E-state index in [9.17, 15) is 9.90 Å². The molecule has 0 radical (unpaired) electrons. The first kappa shape index (κ1) is 11.4. The third-order valence-corrected chi connectivity index (χ3v) is 3.57. The topological polar surface area (TPSA) is 49.8 Å². The number of nitrogens with zero attached hydrogens (tertiary/aromatic N) is 1. The second kappa shape index (κ2) is 4.53. The third kappa shape index (κ3) is 1.82. The van der Waals surface area contributed by atoms with Gasteiger partial charge in [0.15, 0.2) is 6.23 Å². The van der Waals surface area contributed by atoms with E-state index < -0.39 is 6.23 Å². The molecule has 1 atom stereocenters. The van der Waals surface area contributed by atoms with Crippen molar-refractivity contribution in [3.8, 4) is 0 Å². The van der Waals surface area contributed by atoms with Crippen molar-refractivity contribution in [2.45, 2.75) is 12.8 Å². The highest BCUT2D eigenvalue weighted by Gasteiger charge is 2.36. The molecule has 1 aliphatic rings. The van der Waals surface area contributed by atoms with Gasteiger partial charge in [0.2, 0.25) is 0 Å². The molecule has 0 aliphatic carbocycles. The Hall–Kier alpha value is -1.69. The number of carbonyl (C=O) groups excluding carboxylic acids is 1. The molecule has 0 fully saturated rings. The molecule has 0 saturated carbocycles. The molecule has 0 spiro atoms. The van der Waals surface area contributed by atoms with Crippen LogP contribution in [0, 0.1) is 0 Å². The number of hydrogen-bond donors (Lipinski definition) is 1. The average Bonchev–Trinajstić information content (AvgIpc) is 2.98. The van der Waals surface area contributed by atoms with Crippen LogP contribution in [0.25, 0.3) is 0 Å². The fourth-order valence-electron chi connectivity index (χ4n) is 1.92.